The second-order valence-electron chi connectivity index (χ2n) is 5.41. The summed E-state index contributed by atoms with van der Waals surface area (Å²) in [4.78, 5) is 2.71. The van der Waals surface area contributed by atoms with E-state index in [1.165, 1.54) is 58.2 Å². The molecule has 0 bridgehead atoms. The normalized spacial score (nSPS) is 24.6. The number of unbranched alkanes of at least 4 members (excludes halogenated alkanes) is 2. The molecule has 1 fully saturated rings. The van der Waals surface area contributed by atoms with Gasteiger partial charge in [0.15, 0.2) is 0 Å². The predicted octanol–water partition coefficient (Wildman–Crippen LogP) is 2.89. The number of nitrogens with one attached hydrogen (secondary N) is 1. The summed E-state index contributed by atoms with van der Waals surface area (Å²) in [5.41, 5.74) is 0. The van der Waals surface area contributed by atoms with Crippen molar-refractivity contribution >= 4 is 0 Å². The van der Waals surface area contributed by atoms with E-state index in [2.05, 4.69) is 31.1 Å². The first-order valence-corrected chi connectivity index (χ1v) is 7.16. The summed E-state index contributed by atoms with van der Waals surface area (Å²) in [6, 6.07) is 0.797. The maximum absolute atomic E-state index is 3.32. The molecule has 0 aromatic rings. The quantitative estimate of drug-likeness (QED) is 0.672. The van der Waals surface area contributed by atoms with Crippen LogP contribution in [0.15, 0.2) is 0 Å². The second-order valence-corrected chi connectivity index (χ2v) is 5.41. The van der Waals surface area contributed by atoms with Gasteiger partial charge in [0, 0.05) is 12.6 Å². The number of nitrogens with zero attached hydrogens (tertiary/aromatic N) is 1. The van der Waals surface area contributed by atoms with E-state index >= 15 is 0 Å². The molecule has 1 saturated heterocycles. The highest BCUT2D eigenvalue weighted by Gasteiger charge is 2.22. The van der Waals surface area contributed by atoms with Crippen LogP contribution < -0.4 is 5.32 Å². The van der Waals surface area contributed by atoms with E-state index in [1.54, 1.807) is 0 Å². The lowest BCUT2D eigenvalue weighted by molar-refractivity contribution is 0.124. The summed E-state index contributed by atoms with van der Waals surface area (Å²) in [7, 11) is 2.07. The Morgan fingerprint density at radius 2 is 2.19 bits per heavy atom. The van der Waals surface area contributed by atoms with Gasteiger partial charge in [0.05, 0.1) is 0 Å². The van der Waals surface area contributed by atoms with Crippen LogP contribution in [0.4, 0.5) is 0 Å². The SMILES string of the molecule is CCCCCC(C)N1CCCC(CNC)C1. The van der Waals surface area contributed by atoms with Gasteiger partial charge < -0.3 is 10.2 Å². The Bertz CT molecular complexity index is 168. The minimum absolute atomic E-state index is 0.797. The molecule has 1 heterocycles. The molecule has 0 aliphatic carbocycles. The third-order valence-electron chi connectivity index (χ3n) is 3.89. The number of rotatable bonds is 7. The van der Waals surface area contributed by atoms with Crippen LogP contribution >= 0.6 is 0 Å². The van der Waals surface area contributed by atoms with E-state index in [0.717, 1.165) is 12.0 Å². The first kappa shape index (κ1) is 14.0. The summed E-state index contributed by atoms with van der Waals surface area (Å²) in [5.74, 6) is 0.882. The molecule has 1 aliphatic rings. The zero-order chi connectivity index (χ0) is 11.8. The predicted molar refractivity (Wildman–Crippen MR) is 71.8 cm³/mol. The Hall–Kier alpha value is -0.0800. The van der Waals surface area contributed by atoms with Crippen LogP contribution in [0.3, 0.4) is 0 Å². The van der Waals surface area contributed by atoms with Crippen molar-refractivity contribution < 1.29 is 0 Å². The smallest absolute Gasteiger partial charge is 0.00670 e. The standard InChI is InChI=1S/C14H30N2/c1-4-5-6-8-13(2)16-10-7-9-14(12-16)11-15-3/h13-15H,4-12H2,1-3H3. The fourth-order valence-corrected chi connectivity index (χ4v) is 2.83. The van der Waals surface area contributed by atoms with Crippen molar-refractivity contribution in [2.24, 2.45) is 5.92 Å². The lowest BCUT2D eigenvalue weighted by Crippen LogP contribution is -2.43. The fourth-order valence-electron chi connectivity index (χ4n) is 2.83. The molecule has 2 atom stereocenters. The average Bonchev–Trinajstić information content (AvgIpc) is 2.30. The van der Waals surface area contributed by atoms with Crippen molar-refractivity contribution in [1.29, 1.82) is 0 Å². The van der Waals surface area contributed by atoms with Crippen molar-refractivity contribution in [3.8, 4) is 0 Å². The second kappa shape index (κ2) is 8.08. The third-order valence-corrected chi connectivity index (χ3v) is 3.89. The van der Waals surface area contributed by atoms with E-state index in [-0.39, 0.29) is 0 Å². The first-order valence-electron chi connectivity index (χ1n) is 7.16. The minimum atomic E-state index is 0.797. The molecule has 96 valence electrons. The van der Waals surface area contributed by atoms with Crippen molar-refractivity contribution in [3.63, 3.8) is 0 Å². The molecule has 0 aromatic heterocycles. The number of piperidine rings is 1. The highest BCUT2D eigenvalue weighted by Crippen LogP contribution is 2.20. The molecule has 0 aromatic carbocycles. The van der Waals surface area contributed by atoms with Crippen LogP contribution in [0.1, 0.15) is 52.4 Å². The molecule has 1 aliphatic heterocycles. The van der Waals surface area contributed by atoms with Crippen LogP contribution in [0.2, 0.25) is 0 Å². The Labute approximate surface area is 102 Å². The summed E-state index contributed by atoms with van der Waals surface area (Å²) in [6.07, 6.45) is 8.35. The van der Waals surface area contributed by atoms with E-state index < -0.39 is 0 Å². The Morgan fingerprint density at radius 1 is 1.38 bits per heavy atom. The fraction of sp³-hybridized carbons (Fsp3) is 1.00. The maximum Gasteiger partial charge on any atom is 0.00670 e. The highest BCUT2D eigenvalue weighted by molar-refractivity contribution is 4.77. The Balaban J connectivity index is 2.23. The maximum atomic E-state index is 3.32. The summed E-state index contributed by atoms with van der Waals surface area (Å²) < 4.78 is 0. The molecule has 0 amide bonds. The zero-order valence-corrected chi connectivity index (χ0v) is 11.5. The van der Waals surface area contributed by atoms with Gasteiger partial charge in [0.2, 0.25) is 0 Å². The van der Waals surface area contributed by atoms with E-state index in [4.69, 9.17) is 0 Å². The van der Waals surface area contributed by atoms with Crippen molar-refractivity contribution in [1.82, 2.24) is 10.2 Å². The van der Waals surface area contributed by atoms with Gasteiger partial charge in [-0.2, -0.15) is 0 Å². The molecular formula is C14H30N2. The van der Waals surface area contributed by atoms with Gasteiger partial charge in [-0.25, -0.2) is 0 Å². The lowest BCUT2D eigenvalue weighted by Gasteiger charge is -2.37. The van der Waals surface area contributed by atoms with Gasteiger partial charge in [0.25, 0.3) is 0 Å². The van der Waals surface area contributed by atoms with Crippen LogP contribution in [-0.2, 0) is 0 Å². The van der Waals surface area contributed by atoms with Crippen molar-refractivity contribution in [2.75, 3.05) is 26.7 Å². The largest absolute Gasteiger partial charge is 0.319 e. The van der Waals surface area contributed by atoms with Gasteiger partial charge >= 0.3 is 0 Å². The summed E-state index contributed by atoms with van der Waals surface area (Å²) in [6.45, 7) is 8.53. The molecule has 1 rings (SSSR count). The molecule has 0 spiro atoms. The summed E-state index contributed by atoms with van der Waals surface area (Å²) >= 11 is 0. The minimum Gasteiger partial charge on any atom is -0.319 e. The van der Waals surface area contributed by atoms with Gasteiger partial charge in [-0.1, -0.05) is 26.2 Å². The van der Waals surface area contributed by atoms with Gasteiger partial charge in [-0.05, 0) is 52.2 Å². The molecule has 2 unspecified atom stereocenters. The average molecular weight is 226 g/mol. The van der Waals surface area contributed by atoms with Crippen molar-refractivity contribution in [3.05, 3.63) is 0 Å². The Kier molecular flexibility index (Phi) is 7.06. The zero-order valence-electron chi connectivity index (χ0n) is 11.5. The van der Waals surface area contributed by atoms with Crippen LogP contribution in [0.25, 0.3) is 0 Å². The van der Waals surface area contributed by atoms with E-state index in [0.29, 0.717) is 0 Å². The molecule has 2 heteroatoms. The number of hydrogen-bond acceptors (Lipinski definition) is 2. The molecule has 1 N–H and O–H groups in total. The van der Waals surface area contributed by atoms with Crippen LogP contribution in [-0.4, -0.2) is 37.6 Å². The summed E-state index contributed by atoms with van der Waals surface area (Å²) in [5, 5.41) is 3.32. The Morgan fingerprint density at radius 3 is 2.88 bits per heavy atom. The van der Waals surface area contributed by atoms with Crippen LogP contribution in [0.5, 0.6) is 0 Å². The van der Waals surface area contributed by atoms with Gasteiger partial charge in [-0.15, -0.1) is 0 Å². The molecule has 0 radical (unpaired) electrons. The van der Waals surface area contributed by atoms with E-state index in [9.17, 15) is 0 Å². The monoisotopic (exact) mass is 226 g/mol. The third kappa shape index (κ3) is 4.84. The topological polar surface area (TPSA) is 15.3 Å². The number of likely N-dealkylation sites (tertiary alicyclic amines) is 1. The van der Waals surface area contributed by atoms with Gasteiger partial charge in [0.1, 0.15) is 0 Å². The lowest BCUT2D eigenvalue weighted by atomic mass is 9.96. The molecule has 0 saturated carbocycles. The van der Waals surface area contributed by atoms with E-state index in [1.807, 2.05) is 0 Å². The molecule has 2 nitrogen and oxygen atoms in total. The number of hydrogen-bond donors (Lipinski definition) is 1. The highest BCUT2D eigenvalue weighted by atomic mass is 15.2. The molecular weight excluding hydrogens is 196 g/mol. The van der Waals surface area contributed by atoms with Crippen molar-refractivity contribution in [2.45, 2.75) is 58.4 Å². The van der Waals surface area contributed by atoms with Gasteiger partial charge in [-0.3, -0.25) is 0 Å². The molecule has 16 heavy (non-hydrogen) atoms. The van der Waals surface area contributed by atoms with Crippen LogP contribution in [0, 0.1) is 5.92 Å². The first-order chi connectivity index (χ1) is 7.77.